The Morgan fingerprint density at radius 1 is 1.17 bits per heavy atom. The number of carbonyl (C=O) groups is 2. The Morgan fingerprint density at radius 3 is 2.57 bits per heavy atom. The minimum Gasteiger partial charge on any atom is -0.447 e. The number of hydrogen-bond acceptors (Lipinski definition) is 7. The van der Waals surface area contributed by atoms with E-state index in [4.69, 9.17) is 19.6 Å². The molecule has 2 aromatic rings. The van der Waals surface area contributed by atoms with Crippen LogP contribution in [0.15, 0.2) is 36.5 Å². The molecule has 1 N–H and O–H groups in total. The van der Waals surface area contributed by atoms with Crippen molar-refractivity contribution in [2.75, 3.05) is 62.4 Å². The van der Waals surface area contributed by atoms with Crippen molar-refractivity contribution in [1.29, 1.82) is 0 Å². The van der Waals surface area contributed by atoms with Gasteiger partial charge in [-0.3, -0.25) is 9.69 Å². The third kappa shape index (κ3) is 5.11. The summed E-state index contributed by atoms with van der Waals surface area (Å²) in [4.78, 5) is 35.7. The van der Waals surface area contributed by atoms with E-state index >= 15 is 0 Å². The molecule has 3 heterocycles. The van der Waals surface area contributed by atoms with Crippen molar-refractivity contribution in [2.45, 2.75) is 31.7 Å². The number of cyclic esters (lactones) is 1. The lowest BCUT2D eigenvalue weighted by molar-refractivity contribution is 0.0746. The molecule has 1 aromatic heterocycles. The van der Waals surface area contributed by atoms with Crippen LogP contribution in [0, 0.1) is 6.92 Å². The molecule has 0 unspecified atom stereocenters. The number of pyridine rings is 1. The smallest absolute Gasteiger partial charge is 0.414 e. The van der Waals surface area contributed by atoms with Crippen LogP contribution in [0.4, 0.5) is 16.3 Å². The molecule has 0 radical (unpaired) electrons. The SMILES string of the molecule is Cc1cc(C2CC2)cnc1N1CCN(C(=O)c2ccc(N3C(=O)OC[C@H]3COCCO)cc2)CC1. The zero-order valence-corrected chi connectivity index (χ0v) is 20.1. The van der Waals surface area contributed by atoms with Gasteiger partial charge in [0.25, 0.3) is 5.91 Å². The molecule has 1 atom stereocenters. The van der Waals surface area contributed by atoms with Crippen LogP contribution in [0.3, 0.4) is 0 Å². The fourth-order valence-corrected chi connectivity index (χ4v) is 4.81. The predicted molar refractivity (Wildman–Crippen MR) is 131 cm³/mol. The molecular formula is C26H32N4O5. The molecule has 2 aliphatic heterocycles. The molecule has 3 aliphatic rings. The Kier molecular flexibility index (Phi) is 6.88. The second-order valence-corrected chi connectivity index (χ2v) is 9.41. The summed E-state index contributed by atoms with van der Waals surface area (Å²) in [5, 5.41) is 8.90. The zero-order valence-electron chi connectivity index (χ0n) is 20.1. The highest BCUT2D eigenvalue weighted by atomic mass is 16.6. The highest BCUT2D eigenvalue weighted by Crippen LogP contribution is 2.40. The van der Waals surface area contributed by atoms with Crippen LogP contribution in [0.25, 0.3) is 0 Å². The first-order chi connectivity index (χ1) is 17.0. The van der Waals surface area contributed by atoms with E-state index in [0.29, 0.717) is 30.3 Å². The number of amides is 2. The fraction of sp³-hybridized carbons (Fsp3) is 0.500. The lowest BCUT2D eigenvalue weighted by atomic mass is 10.1. The van der Waals surface area contributed by atoms with Gasteiger partial charge in [-0.05, 0) is 61.1 Å². The number of ether oxygens (including phenoxy) is 2. The second-order valence-electron chi connectivity index (χ2n) is 9.41. The molecule has 2 amide bonds. The Morgan fingerprint density at radius 2 is 1.91 bits per heavy atom. The van der Waals surface area contributed by atoms with Gasteiger partial charge >= 0.3 is 6.09 Å². The summed E-state index contributed by atoms with van der Waals surface area (Å²) in [6, 6.07) is 9.04. The van der Waals surface area contributed by atoms with E-state index in [1.54, 1.807) is 24.3 Å². The van der Waals surface area contributed by atoms with Gasteiger partial charge in [0.15, 0.2) is 0 Å². The van der Waals surface area contributed by atoms with Crippen molar-refractivity contribution in [3.63, 3.8) is 0 Å². The topological polar surface area (TPSA) is 95.4 Å². The molecule has 9 heteroatoms. The number of aliphatic hydroxyl groups is 1. The number of carbonyl (C=O) groups excluding carboxylic acids is 2. The van der Waals surface area contributed by atoms with E-state index in [1.165, 1.54) is 28.9 Å². The maximum atomic E-state index is 13.1. The van der Waals surface area contributed by atoms with Gasteiger partial charge in [-0.15, -0.1) is 0 Å². The van der Waals surface area contributed by atoms with Gasteiger partial charge in [0, 0.05) is 43.6 Å². The van der Waals surface area contributed by atoms with Gasteiger partial charge in [0.05, 0.1) is 25.9 Å². The van der Waals surface area contributed by atoms with E-state index in [-0.39, 0.29) is 38.4 Å². The molecule has 1 saturated carbocycles. The average molecular weight is 481 g/mol. The maximum absolute atomic E-state index is 13.1. The fourth-order valence-electron chi connectivity index (χ4n) is 4.81. The number of aliphatic hydroxyl groups excluding tert-OH is 1. The van der Waals surface area contributed by atoms with Gasteiger partial charge < -0.3 is 24.4 Å². The number of anilines is 2. The molecule has 0 bridgehead atoms. The number of benzene rings is 1. The highest BCUT2D eigenvalue weighted by Gasteiger charge is 2.34. The lowest BCUT2D eigenvalue weighted by Crippen LogP contribution is -2.49. The molecular weight excluding hydrogens is 448 g/mol. The third-order valence-corrected chi connectivity index (χ3v) is 6.89. The number of piperazine rings is 1. The molecule has 0 spiro atoms. The van der Waals surface area contributed by atoms with Crippen LogP contribution >= 0.6 is 0 Å². The summed E-state index contributed by atoms with van der Waals surface area (Å²) >= 11 is 0. The van der Waals surface area contributed by atoms with E-state index in [1.807, 2.05) is 11.1 Å². The highest BCUT2D eigenvalue weighted by molar-refractivity contribution is 5.96. The van der Waals surface area contributed by atoms with Crippen LogP contribution in [0.1, 0.15) is 40.2 Å². The summed E-state index contributed by atoms with van der Waals surface area (Å²) < 4.78 is 10.6. The molecule has 3 fully saturated rings. The van der Waals surface area contributed by atoms with Crippen molar-refractivity contribution in [1.82, 2.24) is 9.88 Å². The molecule has 2 saturated heterocycles. The van der Waals surface area contributed by atoms with E-state index in [2.05, 4.69) is 17.9 Å². The van der Waals surface area contributed by atoms with Crippen molar-refractivity contribution >= 4 is 23.5 Å². The summed E-state index contributed by atoms with van der Waals surface area (Å²) in [5.41, 5.74) is 3.79. The van der Waals surface area contributed by atoms with Crippen molar-refractivity contribution in [2.24, 2.45) is 0 Å². The predicted octanol–water partition coefficient (Wildman–Crippen LogP) is 2.56. The first kappa shape index (κ1) is 23.6. The second kappa shape index (κ2) is 10.2. The molecule has 9 nitrogen and oxygen atoms in total. The van der Waals surface area contributed by atoms with Crippen molar-refractivity contribution in [3.8, 4) is 0 Å². The first-order valence-electron chi connectivity index (χ1n) is 12.3. The monoisotopic (exact) mass is 480 g/mol. The third-order valence-electron chi connectivity index (χ3n) is 6.89. The van der Waals surface area contributed by atoms with Gasteiger partial charge in [0.2, 0.25) is 0 Å². The molecule has 1 aliphatic carbocycles. The number of rotatable bonds is 8. The molecule has 5 rings (SSSR count). The summed E-state index contributed by atoms with van der Waals surface area (Å²) in [6.45, 7) is 5.51. The summed E-state index contributed by atoms with van der Waals surface area (Å²) in [7, 11) is 0. The van der Waals surface area contributed by atoms with Crippen LogP contribution in [-0.4, -0.2) is 85.6 Å². The quantitative estimate of drug-likeness (QED) is 0.580. The lowest BCUT2D eigenvalue weighted by Gasteiger charge is -2.36. The zero-order chi connectivity index (χ0) is 24.4. The number of aromatic nitrogens is 1. The van der Waals surface area contributed by atoms with Gasteiger partial charge in [-0.25, -0.2) is 9.78 Å². The van der Waals surface area contributed by atoms with E-state index in [0.717, 1.165) is 18.9 Å². The Balaban J connectivity index is 1.19. The van der Waals surface area contributed by atoms with Gasteiger partial charge in [-0.2, -0.15) is 0 Å². The largest absolute Gasteiger partial charge is 0.447 e. The Bertz CT molecular complexity index is 1060. The van der Waals surface area contributed by atoms with Crippen LogP contribution in [-0.2, 0) is 9.47 Å². The molecule has 1 aromatic carbocycles. The number of hydrogen-bond donors (Lipinski definition) is 1. The minimum atomic E-state index is -0.438. The van der Waals surface area contributed by atoms with Crippen LogP contribution in [0.5, 0.6) is 0 Å². The maximum Gasteiger partial charge on any atom is 0.414 e. The molecule has 35 heavy (non-hydrogen) atoms. The Labute approximate surface area is 205 Å². The first-order valence-corrected chi connectivity index (χ1v) is 12.3. The molecule has 186 valence electrons. The van der Waals surface area contributed by atoms with Crippen molar-refractivity contribution in [3.05, 3.63) is 53.2 Å². The van der Waals surface area contributed by atoms with E-state index < -0.39 is 6.09 Å². The van der Waals surface area contributed by atoms with Gasteiger partial charge in [0.1, 0.15) is 12.4 Å². The number of nitrogens with zero attached hydrogens (tertiary/aromatic N) is 4. The van der Waals surface area contributed by atoms with Crippen LogP contribution in [0.2, 0.25) is 0 Å². The normalized spacial score (nSPS) is 20.3. The average Bonchev–Trinajstić information content (AvgIpc) is 3.67. The number of aryl methyl sites for hydroxylation is 1. The van der Waals surface area contributed by atoms with Crippen molar-refractivity contribution < 1.29 is 24.2 Å². The van der Waals surface area contributed by atoms with E-state index in [9.17, 15) is 9.59 Å². The summed E-state index contributed by atoms with van der Waals surface area (Å²) in [6.07, 6.45) is 4.11. The van der Waals surface area contributed by atoms with Gasteiger partial charge in [-0.1, -0.05) is 6.07 Å². The van der Waals surface area contributed by atoms with Crippen LogP contribution < -0.4 is 9.80 Å². The minimum absolute atomic E-state index is 0.0169. The standard InChI is InChI=1S/C26H32N4O5/c1-18-14-21(19-2-3-19)15-27-24(18)28-8-10-29(11-9-28)25(32)20-4-6-22(7-5-20)30-23(16-34-13-12-31)17-35-26(30)33/h4-7,14-15,19,23,31H,2-3,8-13,16-17H2,1H3/t23-/m1/s1. The Hall–Kier alpha value is -3.17. The summed E-state index contributed by atoms with van der Waals surface area (Å²) in [5.74, 6) is 1.69.